The molecule has 0 aliphatic rings. The molecule has 2 aromatic carbocycles. The van der Waals surface area contributed by atoms with E-state index in [1.165, 1.54) is 0 Å². The second kappa shape index (κ2) is 7.99. The number of aromatic nitrogens is 4. The van der Waals surface area contributed by atoms with Crippen LogP contribution in [0.5, 0.6) is 0 Å². The number of nitrogens with zero attached hydrogens (tertiary/aromatic N) is 5. The lowest BCUT2D eigenvalue weighted by atomic mass is 10.2. The number of hydrogen-bond donors (Lipinski definition) is 0. The number of para-hydroxylation sites is 2. The average Bonchev–Trinajstić information content (AvgIpc) is 3.29. The van der Waals surface area contributed by atoms with Crippen LogP contribution in [0.25, 0.3) is 11.4 Å². The lowest BCUT2D eigenvalue weighted by molar-refractivity contribution is 0.0778. The fourth-order valence-electron chi connectivity index (χ4n) is 3.64. The van der Waals surface area contributed by atoms with Crippen LogP contribution in [0.1, 0.15) is 33.1 Å². The number of hydrogen-bond acceptors (Lipinski definition) is 3. The van der Waals surface area contributed by atoms with E-state index in [2.05, 4.69) is 10.2 Å². The Morgan fingerprint density at radius 1 is 0.867 bits per heavy atom. The molecule has 0 N–H and O–H groups in total. The summed E-state index contributed by atoms with van der Waals surface area (Å²) in [6.07, 6.45) is 0. The molecule has 30 heavy (non-hydrogen) atoms. The van der Waals surface area contributed by atoms with Gasteiger partial charge in [-0.15, -0.1) is 0 Å². The summed E-state index contributed by atoms with van der Waals surface area (Å²) in [5.74, 6) is -0.112. The van der Waals surface area contributed by atoms with E-state index in [4.69, 9.17) is 0 Å². The summed E-state index contributed by atoms with van der Waals surface area (Å²) in [7, 11) is 1.80. The lowest BCUT2D eigenvalue weighted by Crippen LogP contribution is -2.27. The quantitative estimate of drug-likeness (QED) is 0.504. The number of benzene rings is 2. The summed E-state index contributed by atoms with van der Waals surface area (Å²) < 4.78 is 3.72. The number of carbonyl (C=O) groups is 1. The van der Waals surface area contributed by atoms with Gasteiger partial charge in [-0.1, -0.05) is 36.4 Å². The first-order valence-electron chi connectivity index (χ1n) is 9.94. The van der Waals surface area contributed by atoms with Crippen LogP contribution in [0.4, 0.5) is 0 Å². The molecule has 0 saturated heterocycles. The standard InChI is InChI=1S/C24H25N5O/c1-17-15-23(26-28(17)20-11-7-5-8-12-20)24(30)27(4)16-22-18(2)25-29(19(22)3)21-13-9-6-10-14-21/h5-15H,16H2,1-4H3. The van der Waals surface area contributed by atoms with E-state index in [0.717, 1.165) is 34.0 Å². The van der Waals surface area contributed by atoms with Crippen molar-refractivity contribution in [2.45, 2.75) is 27.3 Å². The van der Waals surface area contributed by atoms with Gasteiger partial charge in [0.1, 0.15) is 0 Å². The van der Waals surface area contributed by atoms with E-state index < -0.39 is 0 Å². The van der Waals surface area contributed by atoms with E-state index in [-0.39, 0.29) is 5.91 Å². The molecule has 6 nitrogen and oxygen atoms in total. The molecule has 2 heterocycles. The highest BCUT2D eigenvalue weighted by atomic mass is 16.2. The molecule has 152 valence electrons. The Bertz CT molecular complexity index is 1180. The monoisotopic (exact) mass is 399 g/mol. The van der Waals surface area contributed by atoms with Crippen LogP contribution in [0.3, 0.4) is 0 Å². The SMILES string of the molecule is Cc1nn(-c2ccccc2)c(C)c1CN(C)C(=O)c1cc(C)n(-c2ccccc2)n1. The molecule has 0 radical (unpaired) electrons. The maximum absolute atomic E-state index is 13.1. The molecule has 0 aliphatic carbocycles. The van der Waals surface area contributed by atoms with E-state index in [1.54, 1.807) is 16.6 Å². The van der Waals surface area contributed by atoms with Gasteiger partial charge in [0.15, 0.2) is 5.69 Å². The first-order chi connectivity index (χ1) is 14.5. The maximum atomic E-state index is 13.1. The number of aryl methyl sites for hydroxylation is 2. The van der Waals surface area contributed by atoms with Crippen LogP contribution >= 0.6 is 0 Å². The molecule has 0 aliphatic heterocycles. The highest BCUT2D eigenvalue weighted by Crippen LogP contribution is 2.20. The topological polar surface area (TPSA) is 56.0 Å². The summed E-state index contributed by atoms with van der Waals surface area (Å²) in [6, 6.07) is 21.7. The molecule has 4 aromatic rings. The maximum Gasteiger partial charge on any atom is 0.274 e. The van der Waals surface area contributed by atoms with Gasteiger partial charge in [-0.3, -0.25) is 4.79 Å². The largest absolute Gasteiger partial charge is 0.336 e. The Labute approximate surface area is 176 Å². The van der Waals surface area contributed by atoms with Crippen LogP contribution in [0.2, 0.25) is 0 Å². The second-order valence-electron chi connectivity index (χ2n) is 7.48. The van der Waals surface area contributed by atoms with Crippen molar-refractivity contribution >= 4 is 5.91 Å². The molecule has 2 aromatic heterocycles. The fourth-order valence-corrected chi connectivity index (χ4v) is 3.64. The van der Waals surface area contributed by atoms with Gasteiger partial charge < -0.3 is 4.90 Å². The summed E-state index contributed by atoms with van der Waals surface area (Å²) in [4.78, 5) is 14.8. The molecule has 0 atom stereocenters. The summed E-state index contributed by atoms with van der Waals surface area (Å²) in [6.45, 7) is 6.44. The zero-order valence-corrected chi connectivity index (χ0v) is 17.7. The first-order valence-corrected chi connectivity index (χ1v) is 9.94. The van der Waals surface area contributed by atoms with Gasteiger partial charge in [0.05, 0.1) is 17.1 Å². The number of rotatable bonds is 5. The summed E-state index contributed by atoms with van der Waals surface area (Å²) in [5, 5.41) is 9.23. The Morgan fingerprint density at radius 2 is 1.43 bits per heavy atom. The van der Waals surface area contributed by atoms with Crippen molar-refractivity contribution < 1.29 is 4.79 Å². The van der Waals surface area contributed by atoms with E-state index >= 15 is 0 Å². The molecule has 0 bridgehead atoms. The number of carbonyl (C=O) groups excluding carboxylic acids is 1. The molecule has 4 rings (SSSR count). The van der Waals surface area contributed by atoms with Crippen LogP contribution < -0.4 is 0 Å². The third-order valence-electron chi connectivity index (χ3n) is 5.29. The average molecular weight is 399 g/mol. The third-order valence-corrected chi connectivity index (χ3v) is 5.29. The molecule has 0 unspecified atom stereocenters. The Morgan fingerprint density at radius 3 is 2.03 bits per heavy atom. The third kappa shape index (κ3) is 3.64. The minimum absolute atomic E-state index is 0.112. The molecule has 0 saturated carbocycles. The van der Waals surface area contributed by atoms with E-state index in [0.29, 0.717) is 12.2 Å². The fraction of sp³-hybridized carbons (Fsp3) is 0.208. The van der Waals surface area contributed by atoms with Crippen molar-refractivity contribution in [3.05, 3.63) is 95.1 Å². The van der Waals surface area contributed by atoms with Crippen LogP contribution in [-0.4, -0.2) is 37.4 Å². The summed E-state index contributed by atoms with van der Waals surface area (Å²) >= 11 is 0. The predicted octanol–water partition coefficient (Wildman–Crippen LogP) is 4.26. The van der Waals surface area contributed by atoms with Crippen molar-refractivity contribution in [1.82, 2.24) is 24.5 Å². The minimum atomic E-state index is -0.112. The van der Waals surface area contributed by atoms with Gasteiger partial charge >= 0.3 is 0 Å². The van der Waals surface area contributed by atoms with Crippen LogP contribution in [-0.2, 0) is 6.54 Å². The van der Waals surface area contributed by atoms with Crippen molar-refractivity contribution in [1.29, 1.82) is 0 Å². The van der Waals surface area contributed by atoms with Crippen molar-refractivity contribution in [2.75, 3.05) is 7.05 Å². The van der Waals surface area contributed by atoms with Gasteiger partial charge in [-0.2, -0.15) is 10.2 Å². The first kappa shape index (κ1) is 19.6. The van der Waals surface area contributed by atoms with Crippen molar-refractivity contribution in [3.63, 3.8) is 0 Å². The minimum Gasteiger partial charge on any atom is -0.336 e. The highest BCUT2D eigenvalue weighted by Gasteiger charge is 2.21. The Hall–Kier alpha value is -3.67. The molecule has 0 spiro atoms. The molecule has 1 amide bonds. The second-order valence-corrected chi connectivity index (χ2v) is 7.48. The van der Waals surface area contributed by atoms with Crippen molar-refractivity contribution in [2.24, 2.45) is 0 Å². The molecule has 6 heteroatoms. The molecular formula is C24H25N5O. The summed E-state index contributed by atoms with van der Waals surface area (Å²) in [5.41, 5.74) is 6.30. The van der Waals surface area contributed by atoms with Gasteiger partial charge in [-0.25, -0.2) is 9.36 Å². The number of amides is 1. The highest BCUT2D eigenvalue weighted by molar-refractivity contribution is 5.92. The lowest BCUT2D eigenvalue weighted by Gasteiger charge is -2.16. The predicted molar refractivity (Wildman–Crippen MR) is 117 cm³/mol. The molecular weight excluding hydrogens is 374 g/mol. The van der Waals surface area contributed by atoms with Crippen LogP contribution in [0.15, 0.2) is 66.7 Å². The van der Waals surface area contributed by atoms with Gasteiger partial charge in [0, 0.05) is 30.5 Å². The van der Waals surface area contributed by atoms with Gasteiger partial charge in [-0.05, 0) is 51.1 Å². The smallest absolute Gasteiger partial charge is 0.274 e. The zero-order chi connectivity index (χ0) is 21.3. The molecule has 0 fully saturated rings. The van der Waals surface area contributed by atoms with Crippen LogP contribution in [0, 0.1) is 20.8 Å². The zero-order valence-electron chi connectivity index (χ0n) is 17.7. The van der Waals surface area contributed by atoms with Gasteiger partial charge in [0.2, 0.25) is 0 Å². The van der Waals surface area contributed by atoms with E-state index in [1.807, 2.05) is 92.2 Å². The Balaban J connectivity index is 1.57. The van der Waals surface area contributed by atoms with Gasteiger partial charge in [0.25, 0.3) is 5.91 Å². The Kier molecular flexibility index (Phi) is 5.23. The van der Waals surface area contributed by atoms with E-state index in [9.17, 15) is 4.79 Å². The normalized spacial score (nSPS) is 10.9. The van der Waals surface area contributed by atoms with Crippen molar-refractivity contribution in [3.8, 4) is 11.4 Å².